The number of rotatable bonds is 6. The molecule has 0 bridgehead atoms. The summed E-state index contributed by atoms with van der Waals surface area (Å²) in [6.07, 6.45) is 0.986. The highest BCUT2D eigenvalue weighted by Crippen LogP contribution is 2.21. The normalized spacial score (nSPS) is 19.1. The van der Waals surface area contributed by atoms with Crippen LogP contribution in [0.5, 0.6) is 5.88 Å². The van der Waals surface area contributed by atoms with Gasteiger partial charge in [0.15, 0.2) is 0 Å². The zero-order valence-electron chi connectivity index (χ0n) is 11.2. The third-order valence-corrected chi connectivity index (χ3v) is 2.73. The maximum Gasteiger partial charge on any atom is 0.239 e. The number of nitrogens with two attached hydrogens (primary N) is 1. The molecular weight excluding hydrogens is 246 g/mol. The van der Waals surface area contributed by atoms with Crippen molar-refractivity contribution in [2.45, 2.75) is 19.4 Å². The van der Waals surface area contributed by atoms with Crippen molar-refractivity contribution in [1.29, 1.82) is 0 Å². The molecule has 0 aliphatic carbocycles. The molecule has 1 aliphatic rings. The topological polar surface area (TPSA) is 78.6 Å². The molecule has 1 atom stereocenters. The number of nitrogens with one attached hydrogen (secondary N) is 1. The highest BCUT2D eigenvalue weighted by Gasteiger charge is 2.14. The van der Waals surface area contributed by atoms with Crippen molar-refractivity contribution in [3.05, 3.63) is 12.1 Å². The second-order valence-electron chi connectivity index (χ2n) is 4.39. The molecule has 1 fully saturated rings. The second kappa shape index (κ2) is 7.16. The van der Waals surface area contributed by atoms with E-state index in [0.717, 1.165) is 12.2 Å². The molecule has 1 unspecified atom stereocenters. The van der Waals surface area contributed by atoms with Crippen molar-refractivity contribution in [3.8, 4) is 5.88 Å². The van der Waals surface area contributed by atoms with Crippen molar-refractivity contribution in [2.24, 2.45) is 0 Å². The van der Waals surface area contributed by atoms with Gasteiger partial charge in [0.05, 0.1) is 38.2 Å². The number of ether oxygens (including phenoxy) is 3. The van der Waals surface area contributed by atoms with Gasteiger partial charge in [-0.1, -0.05) is 6.92 Å². The van der Waals surface area contributed by atoms with Crippen LogP contribution < -0.4 is 15.8 Å². The first-order valence-corrected chi connectivity index (χ1v) is 6.62. The van der Waals surface area contributed by atoms with Crippen LogP contribution in [0.1, 0.15) is 13.3 Å². The van der Waals surface area contributed by atoms with Crippen LogP contribution in [-0.2, 0) is 9.47 Å². The minimum atomic E-state index is 0.0631. The van der Waals surface area contributed by atoms with Gasteiger partial charge in [-0.2, -0.15) is 4.98 Å². The maximum atomic E-state index is 5.81. The van der Waals surface area contributed by atoms with Gasteiger partial charge in [0.25, 0.3) is 0 Å². The van der Waals surface area contributed by atoms with Gasteiger partial charge in [-0.15, -0.1) is 0 Å². The lowest BCUT2D eigenvalue weighted by molar-refractivity contribution is -0.0819. The highest BCUT2D eigenvalue weighted by molar-refractivity contribution is 5.53. The molecule has 2 rings (SSSR count). The van der Waals surface area contributed by atoms with Crippen LogP contribution in [0.25, 0.3) is 0 Å². The summed E-state index contributed by atoms with van der Waals surface area (Å²) in [5.74, 6) is 1.21. The number of hydrogen-bond acceptors (Lipinski definition) is 6. The van der Waals surface area contributed by atoms with Crippen molar-refractivity contribution >= 4 is 11.5 Å². The maximum absolute atomic E-state index is 5.81. The molecule has 0 aromatic carbocycles. The summed E-state index contributed by atoms with van der Waals surface area (Å²) in [5.41, 5.74) is 6.36. The van der Waals surface area contributed by atoms with E-state index in [4.69, 9.17) is 19.9 Å². The Morgan fingerprint density at radius 3 is 3.11 bits per heavy atom. The molecule has 19 heavy (non-hydrogen) atoms. The van der Waals surface area contributed by atoms with E-state index in [2.05, 4.69) is 10.3 Å². The van der Waals surface area contributed by atoms with Crippen LogP contribution in [-0.4, -0.2) is 44.1 Å². The Kier molecular flexibility index (Phi) is 5.23. The summed E-state index contributed by atoms with van der Waals surface area (Å²) in [4.78, 5) is 4.34. The van der Waals surface area contributed by atoms with E-state index in [1.165, 1.54) is 0 Å². The molecule has 1 saturated heterocycles. The predicted octanol–water partition coefficient (Wildman–Crippen LogP) is 1.28. The largest absolute Gasteiger partial charge is 0.476 e. The number of nitrogens with zero attached hydrogens (tertiary/aromatic N) is 1. The van der Waals surface area contributed by atoms with Gasteiger partial charge in [0.2, 0.25) is 5.88 Å². The molecule has 106 valence electrons. The fourth-order valence-corrected chi connectivity index (χ4v) is 1.74. The third kappa shape index (κ3) is 4.25. The molecule has 0 radical (unpaired) electrons. The van der Waals surface area contributed by atoms with Gasteiger partial charge in [0, 0.05) is 6.54 Å². The van der Waals surface area contributed by atoms with Crippen molar-refractivity contribution in [1.82, 2.24) is 4.98 Å². The number of anilines is 2. The minimum absolute atomic E-state index is 0.0631. The lowest BCUT2D eigenvalue weighted by Gasteiger charge is -2.23. The second-order valence-corrected chi connectivity index (χ2v) is 4.39. The van der Waals surface area contributed by atoms with Crippen LogP contribution in [0.3, 0.4) is 0 Å². The van der Waals surface area contributed by atoms with E-state index >= 15 is 0 Å². The van der Waals surface area contributed by atoms with E-state index in [0.29, 0.717) is 44.5 Å². The van der Waals surface area contributed by atoms with E-state index in [1.54, 1.807) is 6.07 Å². The van der Waals surface area contributed by atoms with Crippen LogP contribution in [0.15, 0.2) is 12.1 Å². The first-order chi connectivity index (χ1) is 9.29. The standard InChI is InChI=1S/C13H21N3O3/c1-2-5-19-13-11(14)3-4-12(16-13)15-8-10-9-17-6-7-18-10/h3-4,10H,2,5-9,14H2,1H3,(H,15,16). The van der Waals surface area contributed by atoms with E-state index in [1.807, 2.05) is 13.0 Å². The SMILES string of the molecule is CCCOc1nc(NCC2COCCO2)ccc1N. The van der Waals surface area contributed by atoms with Gasteiger partial charge >= 0.3 is 0 Å². The first kappa shape index (κ1) is 13.9. The Morgan fingerprint density at radius 1 is 1.47 bits per heavy atom. The van der Waals surface area contributed by atoms with Gasteiger partial charge in [-0.05, 0) is 18.6 Å². The quantitative estimate of drug-likeness (QED) is 0.808. The molecule has 0 spiro atoms. The smallest absolute Gasteiger partial charge is 0.239 e. The van der Waals surface area contributed by atoms with E-state index in [-0.39, 0.29) is 6.10 Å². The number of nitrogen functional groups attached to an aromatic ring is 1. The van der Waals surface area contributed by atoms with Gasteiger partial charge in [-0.25, -0.2) is 0 Å². The lowest BCUT2D eigenvalue weighted by Crippen LogP contribution is -2.34. The molecule has 3 N–H and O–H groups in total. The van der Waals surface area contributed by atoms with Gasteiger partial charge < -0.3 is 25.3 Å². The Balaban J connectivity index is 1.88. The first-order valence-electron chi connectivity index (χ1n) is 6.62. The highest BCUT2D eigenvalue weighted by atomic mass is 16.6. The monoisotopic (exact) mass is 267 g/mol. The third-order valence-electron chi connectivity index (χ3n) is 2.73. The molecule has 1 aromatic rings. The van der Waals surface area contributed by atoms with Crippen molar-refractivity contribution in [2.75, 3.05) is 44.0 Å². The van der Waals surface area contributed by atoms with Crippen LogP contribution in [0.2, 0.25) is 0 Å². The van der Waals surface area contributed by atoms with Crippen LogP contribution in [0, 0.1) is 0 Å². The van der Waals surface area contributed by atoms with Crippen molar-refractivity contribution in [3.63, 3.8) is 0 Å². The van der Waals surface area contributed by atoms with Crippen molar-refractivity contribution < 1.29 is 14.2 Å². The average Bonchev–Trinajstić information content (AvgIpc) is 2.46. The lowest BCUT2D eigenvalue weighted by atomic mass is 10.3. The molecule has 1 aromatic heterocycles. The Bertz CT molecular complexity index is 395. The number of aromatic nitrogens is 1. The van der Waals surface area contributed by atoms with E-state index < -0.39 is 0 Å². The fourth-order valence-electron chi connectivity index (χ4n) is 1.74. The number of pyridine rings is 1. The Labute approximate surface area is 113 Å². The predicted molar refractivity (Wildman–Crippen MR) is 73.5 cm³/mol. The summed E-state index contributed by atoms with van der Waals surface area (Å²) in [6, 6.07) is 3.62. The summed E-state index contributed by atoms with van der Waals surface area (Å²) in [7, 11) is 0. The average molecular weight is 267 g/mol. The Morgan fingerprint density at radius 2 is 2.37 bits per heavy atom. The summed E-state index contributed by atoms with van der Waals surface area (Å²) in [5, 5.41) is 3.21. The molecule has 0 saturated carbocycles. The number of hydrogen-bond donors (Lipinski definition) is 2. The minimum Gasteiger partial charge on any atom is -0.476 e. The molecule has 2 heterocycles. The molecular formula is C13H21N3O3. The Hall–Kier alpha value is -1.53. The molecule has 6 heteroatoms. The molecule has 0 amide bonds. The molecule has 1 aliphatic heterocycles. The fraction of sp³-hybridized carbons (Fsp3) is 0.615. The molecule has 6 nitrogen and oxygen atoms in total. The summed E-state index contributed by atoms with van der Waals surface area (Å²) in [6.45, 7) is 5.24. The van der Waals surface area contributed by atoms with Gasteiger partial charge in [0.1, 0.15) is 5.82 Å². The van der Waals surface area contributed by atoms with Gasteiger partial charge in [-0.3, -0.25) is 0 Å². The summed E-state index contributed by atoms with van der Waals surface area (Å²) >= 11 is 0. The van der Waals surface area contributed by atoms with E-state index in [9.17, 15) is 0 Å². The van der Waals surface area contributed by atoms with Crippen LogP contribution in [0.4, 0.5) is 11.5 Å². The zero-order chi connectivity index (χ0) is 13.5. The van der Waals surface area contributed by atoms with Crippen LogP contribution >= 0.6 is 0 Å². The summed E-state index contributed by atoms with van der Waals surface area (Å²) < 4.78 is 16.4. The zero-order valence-corrected chi connectivity index (χ0v) is 11.2.